The first-order valence-electron chi connectivity index (χ1n) is 6.72. The number of aromatic hydroxyl groups is 1. The summed E-state index contributed by atoms with van der Waals surface area (Å²) >= 11 is 0. The molecule has 0 radical (unpaired) electrons. The van der Waals surface area contributed by atoms with Gasteiger partial charge in [-0.15, -0.1) is 0 Å². The molecule has 0 aliphatic rings. The molecule has 0 saturated carbocycles. The molecule has 0 saturated heterocycles. The number of nitrogens with zero attached hydrogens (tertiary/aromatic N) is 1. The van der Waals surface area contributed by atoms with Crippen LogP contribution in [-0.2, 0) is 0 Å². The average Bonchev–Trinajstić information content (AvgIpc) is 2.46. The average molecular weight is 287 g/mol. The third kappa shape index (κ3) is 3.28. The van der Waals surface area contributed by atoms with Crippen LogP contribution in [0.4, 0.5) is 0 Å². The molecule has 2 aromatic rings. The van der Waals surface area contributed by atoms with Crippen LogP contribution in [0.2, 0.25) is 0 Å². The van der Waals surface area contributed by atoms with Crippen LogP contribution in [0.5, 0.6) is 5.88 Å². The fourth-order valence-electron chi connectivity index (χ4n) is 1.89. The monoisotopic (exact) mass is 287 g/mol. The highest BCUT2D eigenvalue weighted by Crippen LogP contribution is 2.15. The van der Waals surface area contributed by atoms with E-state index in [4.69, 9.17) is 0 Å². The lowest BCUT2D eigenvalue weighted by molar-refractivity contribution is 0.447. The summed E-state index contributed by atoms with van der Waals surface area (Å²) in [5.41, 5.74) is -0.383. The van der Waals surface area contributed by atoms with E-state index in [0.717, 1.165) is 6.42 Å². The summed E-state index contributed by atoms with van der Waals surface area (Å²) in [4.78, 5) is 32.0. The minimum atomic E-state index is -0.753. The van der Waals surface area contributed by atoms with Crippen LogP contribution in [0.3, 0.4) is 0 Å². The molecule has 0 aliphatic carbocycles. The summed E-state index contributed by atoms with van der Waals surface area (Å²) in [5, 5.41) is 9.93. The van der Waals surface area contributed by atoms with Crippen molar-refractivity contribution in [3.05, 3.63) is 62.3 Å². The Morgan fingerprint density at radius 1 is 1.24 bits per heavy atom. The Labute approximate surface area is 121 Å². The van der Waals surface area contributed by atoms with Gasteiger partial charge in [0.25, 0.3) is 5.56 Å². The lowest BCUT2D eigenvalue weighted by Crippen LogP contribution is -2.28. The van der Waals surface area contributed by atoms with Crippen molar-refractivity contribution in [1.29, 1.82) is 0 Å². The highest BCUT2D eigenvalue weighted by molar-refractivity contribution is 6.13. The van der Waals surface area contributed by atoms with Gasteiger partial charge in [0, 0.05) is 11.6 Å². The van der Waals surface area contributed by atoms with Crippen molar-refractivity contribution in [2.24, 2.45) is 4.99 Å². The van der Waals surface area contributed by atoms with Crippen LogP contribution in [0.15, 0.2) is 44.9 Å². The molecule has 0 fully saturated rings. The predicted molar refractivity (Wildman–Crippen MR) is 81.2 cm³/mol. The number of benzene rings is 1. The van der Waals surface area contributed by atoms with E-state index in [1.807, 2.05) is 32.0 Å². The van der Waals surface area contributed by atoms with E-state index in [2.05, 4.69) is 15.0 Å². The molecule has 21 heavy (non-hydrogen) atoms. The van der Waals surface area contributed by atoms with Gasteiger partial charge in [-0.25, -0.2) is 4.79 Å². The van der Waals surface area contributed by atoms with Gasteiger partial charge in [0.2, 0.25) is 5.88 Å². The Balaban J connectivity index is 2.70. The highest BCUT2D eigenvalue weighted by atomic mass is 16.3. The molecule has 1 atom stereocenters. The van der Waals surface area contributed by atoms with Crippen molar-refractivity contribution in [2.45, 2.75) is 26.3 Å². The molecule has 0 unspecified atom stereocenters. The van der Waals surface area contributed by atoms with Crippen molar-refractivity contribution < 1.29 is 5.11 Å². The zero-order valence-electron chi connectivity index (χ0n) is 11.9. The second-order valence-electron chi connectivity index (χ2n) is 4.73. The van der Waals surface area contributed by atoms with Crippen LogP contribution < -0.4 is 11.2 Å². The van der Waals surface area contributed by atoms with Gasteiger partial charge in [-0.2, -0.15) is 0 Å². The first kappa shape index (κ1) is 14.8. The largest absolute Gasteiger partial charge is 0.494 e. The number of hydrogen-bond acceptors (Lipinski definition) is 4. The Morgan fingerprint density at radius 3 is 2.48 bits per heavy atom. The second-order valence-corrected chi connectivity index (χ2v) is 4.73. The SMILES string of the molecule is CC[C@@H](C)N=C(c1ccccc1)c1c(O)[nH]c(=O)[nH]c1=O. The Morgan fingerprint density at radius 2 is 1.90 bits per heavy atom. The summed E-state index contributed by atoms with van der Waals surface area (Å²) in [6, 6.07) is 9.06. The lowest BCUT2D eigenvalue weighted by Gasteiger charge is -2.11. The van der Waals surface area contributed by atoms with Crippen LogP contribution in [0, 0.1) is 0 Å². The molecule has 6 nitrogen and oxygen atoms in total. The third-order valence-corrected chi connectivity index (χ3v) is 3.15. The number of aromatic amines is 2. The highest BCUT2D eigenvalue weighted by Gasteiger charge is 2.18. The molecular weight excluding hydrogens is 270 g/mol. The number of H-pyrrole nitrogens is 2. The Hall–Kier alpha value is -2.63. The molecule has 0 aliphatic heterocycles. The van der Waals surface area contributed by atoms with Crippen LogP contribution in [-0.4, -0.2) is 26.8 Å². The standard InChI is InChI=1S/C15H17N3O3/c1-3-9(2)16-12(10-7-5-4-6-8-10)11-13(19)17-15(21)18-14(11)20/h4-9H,3H2,1-2H3,(H3,17,18,19,20,21)/t9-/m1/s1. The van der Waals surface area contributed by atoms with Crippen molar-refractivity contribution in [3.8, 4) is 5.88 Å². The van der Waals surface area contributed by atoms with Gasteiger partial charge in [0.15, 0.2) is 0 Å². The number of aliphatic imine (C=N–C) groups is 1. The first-order valence-corrected chi connectivity index (χ1v) is 6.72. The minimum Gasteiger partial charge on any atom is -0.494 e. The lowest BCUT2D eigenvalue weighted by atomic mass is 10.0. The number of nitrogens with one attached hydrogen (secondary N) is 2. The second kappa shape index (κ2) is 6.21. The summed E-state index contributed by atoms with van der Waals surface area (Å²) in [6.45, 7) is 3.90. The molecule has 6 heteroatoms. The maximum atomic E-state index is 12.0. The van der Waals surface area contributed by atoms with E-state index in [0.29, 0.717) is 11.3 Å². The summed E-state index contributed by atoms with van der Waals surface area (Å²) in [7, 11) is 0. The summed E-state index contributed by atoms with van der Waals surface area (Å²) in [5.74, 6) is -0.477. The Bertz CT molecular complexity index is 760. The van der Waals surface area contributed by atoms with Gasteiger partial charge >= 0.3 is 5.69 Å². The molecule has 1 aromatic carbocycles. The molecule has 0 spiro atoms. The van der Waals surface area contributed by atoms with Gasteiger partial charge in [-0.1, -0.05) is 37.3 Å². The Kier molecular flexibility index (Phi) is 4.37. The normalized spacial score (nSPS) is 13.1. The van der Waals surface area contributed by atoms with Gasteiger partial charge in [-0.3, -0.25) is 19.8 Å². The molecule has 0 bridgehead atoms. The van der Waals surface area contributed by atoms with Gasteiger partial charge in [-0.05, 0) is 13.3 Å². The molecule has 110 valence electrons. The fourth-order valence-corrected chi connectivity index (χ4v) is 1.89. The number of rotatable bonds is 4. The molecule has 1 heterocycles. The van der Waals surface area contributed by atoms with E-state index >= 15 is 0 Å². The quantitative estimate of drug-likeness (QED) is 0.741. The zero-order chi connectivity index (χ0) is 15.4. The van der Waals surface area contributed by atoms with E-state index in [1.54, 1.807) is 12.1 Å². The van der Waals surface area contributed by atoms with E-state index < -0.39 is 17.1 Å². The number of hydrogen-bond donors (Lipinski definition) is 3. The molecule has 2 rings (SSSR count). The molecule has 3 N–H and O–H groups in total. The molecular formula is C15H17N3O3. The summed E-state index contributed by atoms with van der Waals surface area (Å²) in [6.07, 6.45) is 0.790. The molecule has 1 aromatic heterocycles. The maximum Gasteiger partial charge on any atom is 0.328 e. The predicted octanol–water partition coefficient (Wildman–Crippen LogP) is 1.40. The van der Waals surface area contributed by atoms with Gasteiger partial charge < -0.3 is 5.11 Å². The third-order valence-electron chi connectivity index (χ3n) is 3.15. The van der Waals surface area contributed by atoms with E-state index in [1.165, 1.54) is 0 Å². The van der Waals surface area contributed by atoms with E-state index in [-0.39, 0.29) is 11.6 Å². The van der Waals surface area contributed by atoms with Crippen molar-refractivity contribution in [3.63, 3.8) is 0 Å². The fraction of sp³-hybridized carbons (Fsp3) is 0.267. The van der Waals surface area contributed by atoms with Crippen molar-refractivity contribution in [2.75, 3.05) is 0 Å². The number of aromatic nitrogens is 2. The topological polar surface area (TPSA) is 98.3 Å². The maximum absolute atomic E-state index is 12.0. The van der Waals surface area contributed by atoms with Crippen LogP contribution in [0.1, 0.15) is 31.4 Å². The van der Waals surface area contributed by atoms with Crippen molar-refractivity contribution >= 4 is 5.71 Å². The zero-order valence-corrected chi connectivity index (χ0v) is 11.9. The smallest absolute Gasteiger partial charge is 0.328 e. The van der Waals surface area contributed by atoms with Crippen LogP contribution in [0.25, 0.3) is 0 Å². The summed E-state index contributed by atoms with van der Waals surface area (Å²) < 4.78 is 0. The molecule has 0 amide bonds. The minimum absolute atomic E-state index is 0.0223. The van der Waals surface area contributed by atoms with Gasteiger partial charge in [0.1, 0.15) is 5.56 Å². The first-order chi connectivity index (χ1) is 10.0. The van der Waals surface area contributed by atoms with Crippen molar-refractivity contribution in [1.82, 2.24) is 9.97 Å². The van der Waals surface area contributed by atoms with Crippen LogP contribution >= 0.6 is 0 Å². The van der Waals surface area contributed by atoms with E-state index in [9.17, 15) is 14.7 Å². The van der Waals surface area contributed by atoms with Gasteiger partial charge in [0.05, 0.1) is 5.71 Å².